The maximum atomic E-state index is 12.8. The molecule has 0 atom stereocenters. The number of rotatable bonds is 5. The van der Waals surface area contributed by atoms with Crippen LogP contribution in [-0.2, 0) is 9.53 Å². The molecule has 1 heterocycles. The van der Waals surface area contributed by atoms with Crippen molar-refractivity contribution in [2.75, 3.05) is 6.61 Å². The molecule has 0 amide bonds. The van der Waals surface area contributed by atoms with Crippen molar-refractivity contribution in [1.82, 2.24) is 9.78 Å². The predicted octanol–water partition coefficient (Wildman–Crippen LogP) is 3.35. The lowest BCUT2D eigenvalue weighted by molar-refractivity contribution is -0.190. The van der Waals surface area contributed by atoms with Crippen LogP contribution in [0.5, 0.6) is 5.88 Å². The second-order valence-corrected chi connectivity index (χ2v) is 6.86. The van der Waals surface area contributed by atoms with E-state index in [2.05, 4.69) is 5.10 Å². The molecular weight excluding hydrogens is 329 g/mol. The van der Waals surface area contributed by atoms with E-state index in [0.29, 0.717) is 0 Å². The third kappa shape index (κ3) is 4.48. The summed E-state index contributed by atoms with van der Waals surface area (Å²) in [7, 11) is 0. The summed E-state index contributed by atoms with van der Waals surface area (Å²) in [6, 6.07) is 1.33. The molecule has 1 saturated carbocycles. The summed E-state index contributed by atoms with van der Waals surface area (Å²) in [5.74, 6) is -0.692. The zero-order chi connectivity index (χ0) is 18.2. The Hall–Kier alpha value is -2.06. The standard InChI is InChI=1S/C15H19F3N2O4/c1-13(2,3)24-12(22)20-7-4-11(19-20)23-9-10(21)8-14(5-6-14)15(16,17)18/h4,7H,5-6,8-9H2,1-3H3. The largest absolute Gasteiger partial charge is 0.469 e. The third-order valence-electron chi connectivity index (χ3n) is 3.52. The van der Waals surface area contributed by atoms with E-state index >= 15 is 0 Å². The van der Waals surface area contributed by atoms with Gasteiger partial charge in [0.15, 0.2) is 5.78 Å². The van der Waals surface area contributed by atoms with E-state index in [1.54, 1.807) is 20.8 Å². The number of ketones is 1. The Morgan fingerprint density at radius 1 is 1.29 bits per heavy atom. The van der Waals surface area contributed by atoms with Gasteiger partial charge in [0.05, 0.1) is 5.41 Å². The molecule has 6 nitrogen and oxygen atoms in total. The van der Waals surface area contributed by atoms with Crippen molar-refractivity contribution in [2.24, 2.45) is 5.41 Å². The zero-order valence-corrected chi connectivity index (χ0v) is 13.6. The normalized spacial score (nSPS) is 16.6. The average molecular weight is 348 g/mol. The van der Waals surface area contributed by atoms with Crippen LogP contribution in [0.15, 0.2) is 12.3 Å². The van der Waals surface area contributed by atoms with Gasteiger partial charge in [-0.3, -0.25) is 4.79 Å². The number of ether oxygens (including phenoxy) is 2. The molecular formula is C15H19F3N2O4. The van der Waals surface area contributed by atoms with Crippen LogP contribution in [0.1, 0.15) is 40.0 Å². The van der Waals surface area contributed by atoms with Crippen LogP contribution in [-0.4, -0.2) is 40.0 Å². The van der Waals surface area contributed by atoms with Gasteiger partial charge in [0, 0.05) is 18.7 Å². The minimum atomic E-state index is -4.37. The van der Waals surface area contributed by atoms with Crippen molar-refractivity contribution in [1.29, 1.82) is 0 Å². The highest BCUT2D eigenvalue weighted by atomic mass is 19.4. The summed E-state index contributed by atoms with van der Waals surface area (Å²) in [4.78, 5) is 23.4. The molecule has 0 aliphatic heterocycles. The van der Waals surface area contributed by atoms with Gasteiger partial charge in [0.25, 0.3) is 0 Å². The van der Waals surface area contributed by atoms with Crippen molar-refractivity contribution in [3.05, 3.63) is 12.3 Å². The molecule has 1 aliphatic rings. The minimum absolute atomic E-state index is 0.0322. The van der Waals surface area contributed by atoms with E-state index in [0.717, 1.165) is 4.68 Å². The van der Waals surface area contributed by atoms with Crippen molar-refractivity contribution in [3.63, 3.8) is 0 Å². The Balaban J connectivity index is 1.85. The Labute approximate surface area is 136 Å². The fourth-order valence-corrected chi connectivity index (χ4v) is 2.09. The first-order chi connectivity index (χ1) is 10.9. The second-order valence-electron chi connectivity index (χ2n) is 6.86. The van der Waals surface area contributed by atoms with E-state index in [4.69, 9.17) is 9.47 Å². The van der Waals surface area contributed by atoms with E-state index in [1.807, 2.05) is 0 Å². The van der Waals surface area contributed by atoms with E-state index < -0.39 is 42.1 Å². The molecule has 2 rings (SSSR count). The molecule has 1 aromatic rings. The molecule has 1 aliphatic carbocycles. The van der Waals surface area contributed by atoms with Gasteiger partial charge < -0.3 is 9.47 Å². The predicted molar refractivity (Wildman–Crippen MR) is 76.7 cm³/mol. The van der Waals surface area contributed by atoms with E-state index in [9.17, 15) is 22.8 Å². The lowest BCUT2D eigenvalue weighted by Gasteiger charge is -2.18. The molecule has 0 saturated heterocycles. The van der Waals surface area contributed by atoms with Crippen LogP contribution in [0.2, 0.25) is 0 Å². The number of Topliss-reactive ketones (excluding diaryl/α,β-unsaturated/α-hetero) is 1. The molecule has 0 radical (unpaired) electrons. The molecule has 0 bridgehead atoms. The summed E-state index contributed by atoms with van der Waals surface area (Å²) >= 11 is 0. The number of nitrogens with zero attached hydrogens (tertiary/aromatic N) is 2. The van der Waals surface area contributed by atoms with Gasteiger partial charge in [-0.15, -0.1) is 5.10 Å². The zero-order valence-electron chi connectivity index (χ0n) is 13.6. The van der Waals surface area contributed by atoms with Gasteiger partial charge in [-0.2, -0.15) is 17.9 Å². The fraction of sp³-hybridized carbons (Fsp3) is 0.667. The van der Waals surface area contributed by atoms with Crippen LogP contribution in [0.4, 0.5) is 18.0 Å². The Kier molecular flexibility index (Phi) is 4.65. The first-order valence-corrected chi connectivity index (χ1v) is 7.42. The van der Waals surface area contributed by atoms with Gasteiger partial charge in [-0.25, -0.2) is 4.79 Å². The maximum absolute atomic E-state index is 12.8. The van der Waals surface area contributed by atoms with Gasteiger partial charge in [0.2, 0.25) is 5.88 Å². The van der Waals surface area contributed by atoms with Crippen molar-refractivity contribution < 1.29 is 32.2 Å². The molecule has 0 aromatic carbocycles. The molecule has 1 aromatic heterocycles. The Morgan fingerprint density at radius 3 is 2.42 bits per heavy atom. The quantitative estimate of drug-likeness (QED) is 0.816. The highest BCUT2D eigenvalue weighted by Gasteiger charge is 2.63. The highest BCUT2D eigenvalue weighted by molar-refractivity contribution is 5.81. The van der Waals surface area contributed by atoms with Crippen LogP contribution in [0.25, 0.3) is 0 Å². The maximum Gasteiger partial charge on any atom is 0.435 e. The Bertz CT molecular complexity index is 627. The summed E-state index contributed by atoms with van der Waals surface area (Å²) in [5, 5.41) is 3.77. The second kappa shape index (κ2) is 6.10. The van der Waals surface area contributed by atoms with E-state index in [-0.39, 0.29) is 18.7 Å². The van der Waals surface area contributed by atoms with Crippen LogP contribution >= 0.6 is 0 Å². The first-order valence-electron chi connectivity index (χ1n) is 7.42. The molecule has 0 N–H and O–H groups in total. The molecule has 1 fully saturated rings. The highest BCUT2D eigenvalue weighted by Crippen LogP contribution is 2.59. The number of carbonyl (C=O) groups is 2. The molecule has 9 heteroatoms. The number of hydrogen-bond donors (Lipinski definition) is 0. The number of alkyl halides is 3. The fourth-order valence-electron chi connectivity index (χ4n) is 2.09. The summed E-state index contributed by atoms with van der Waals surface area (Å²) < 4.78 is 49.4. The summed E-state index contributed by atoms with van der Waals surface area (Å²) in [6.07, 6.45) is -4.47. The smallest absolute Gasteiger partial charge is 0.435 e. The van der Waals surface area contributed by atoms with Gasteiger partial charge in [-0.05, 0) is 33.6 Å². The topological polar surface area (TPSA) is 70.4 Å². The van der Waals surface area contributed by atoms with Crippen molar-refractivity contribution >= 4 is 11.9 Å². The monoisotopic (exact) mass is 348 g/mol. The summed E-state index contributed by atoms with van der Waals surface area (Å²) in [5.41, 5.74) is -2.58. The molecule has 0 spiro atoms. The van der Waals surface area contributed by atoms with Crippen molar-refractivity contribution in [2.45, 2.75) is 51.8 Å². The number of carbonyl (C=O) groups excluding carboxylic acids is 2. The molecule has 24 heavy (non-hydrogen) atoms. The van der Waals surface area contributed by atoms with Gasteiger partial charge in [-0.1, -0.05) is 0 Å². The third-order valence-corrected chi connectivity index (χ3v) is 3.52. The SMILES string of the molecule is CC(C)(C)OC(=O)n1ccc(OCC(=O)CC2(C(F)(F)F)CC2)n1. The number of aromatic nitrogens is 2. The number of halogens is 3. The average Bonchev–Trinajstić information content (AvgIpc) is 3.04. The van der Waals surface area contributed by atoms with Crippen LogP contribution in [0, 0.1) is 5.41 Å². The van der Waals surface area contributed by atoms with Gasteiger partial charge in [0.1, 0.15) is 12.2 Å². The molecule has 0 unspecified atom stereocenters. The van der Waals surface area contributed by atoms with E-state index in [1.165, 1.54) is 12.3 Å². The lowest BCUT2D eigenvalue weighted by Crippen LogP contribution is -2.29. The number of hydrogen-bond acceptors (Lipinski definition) is 5. The van der Waals surface area contributed by atoms with Crippen molar-refractivity contribution in [3.8, 4) is 5.88 Å². The Morgan fingerprint density at radius 2 is 1.92 bits per heavy atom. The molecule has 134 valence electrons. The van der Waals surface area contributed by atoms with Crippen LogP contribution < -0.4 is 4.74 Å². The van der Waals surface area contributed by atoms with Crippen LogP contribution in [0.3, 0.4) is 0 Å². The lowest BCUT2D eigenvalue weighted by atomic mass is 9.99. The summed E-state index contributed by atoms with van der Waals surface area (Å²) in [6.45, 7) is 4.56. The first kappa shape index (κ1) is 18.3. The minimum Gasteiger partial charge on any atom is -0.469 e. The van der Waals surface area contributed by atoms with Gasteiger partial charge >= 0.3 is 12.3 Å².